The number of phenols is 1. The van der Waals surface area contributed by atoms with E-state index >= 15 is 0 Å². The third-order valence-corrected chi connectivity index (χ3v) is 5.02. The van der Waals surface area contributed by atoms with Crippen LogP contribution in [0.25, 0.3) is 22.2 Å². The van der Waals surface area contributed by atoms with Gasteiger partial charge in [-0.25, -0.2) is 9.07 Å². The zero-order valence-electron chi connectivity index (χ0n) is 12.7. The topological polar surface area (TPSA) is 60.2 Å². The number of benzene rings is 1. The van der Waals surface area contributed by atoms with E-state index in [1.165, 1.54) is 18.2 Å². The van der Waals surface area contributed by atoms with Gasteiger partial charge in [-0.05, 0) is 60.1 Å². The molecule has 1 atom stereocenters. The standard InChI is InChI=1S/C17H15FIN3O2/c18-11-4-3-5-14(23)16(11)12-8-10-13(9-20-12)22(21-17(10)19)15-6-1-2-7-24-15/h3-5,8-9,15,23H,1-2,6-7H2. The van der Waals surface area contributed by atoms with Gasteiger partial charge in [0.25, 0.3) is 0 Å². The van der Waals surface area contributed by atoms with Crippen molar-refractivity contribution in [3.8, 4) is 17.0 Å². The molecule has 0 amide bonds. The maximum absolute atomic E-state index is 14.1. The van der Waals surface area contributed by atoms with Crippen LogP contribution in [0.3, 0.4) is 0 Å². The van der Waals surface area contributed by atoms with Crippen LogP contribution in [0.5, 0.6) is 5.75 Å². The first-order valence-electron chi connectivity index (χ1n) is 7.78. The highest BCUT2D eigenvalue weighted by Gasteiger charge is 2.22. The zero-order chi connectivity index (χ0) is 16.7. The van der Waals surface area contributed by atoms with Gasteiger partial charge in [0, 0.05) is 12.0 Å². The largest absolute Gasteiger partial charge is 0.507 e. The van der Waals surface area contributed by atoms with Crippen molar-refractivity contribution in [3.63, 3.8) is 0 Å². The Bertz CT molecular complexity index is 886. The highest BCUT2D eigenvalue weighted by atomic mass is 127. The maximum atomic E-state index is 14.1. The molecule has 24 heavy (non-hydrogen) atoms. The fourth-order valence-corrected chi connectivity index (χ4v) is 3.70. The first-order chi connectivity index (χ1) is 11.6. The summed E-state index contributed by atoms with van der Waals surface area (Å²) in [5.74, 6) is -0.625. The summed E-state index contributed by atoms with van der Waals surface area (Å²) < 4.78 is 22.6. The van der Waals surface area contributed by atoms with Gasteiger partial charge in [-0.2, -0.15) is 5.10 Å². The predicted octanol–water partition coefficient (Wildman–Crippen LogP) is 4.25. The van der Waals surface area contributed by atoms with Crippen molar-refractivity contribution >= 4 is 33.5 Å². The van der Waals surface area contributed by atoms with Crippen LogP contribution in [0.2, 0.25) is 0 Å². The molecule has 0 aliphatic carbocycles. The molecule has 1 unspecified atom stereocenters. The number of rotatable bonds is 2. The molecule has 1 aliphatic rings. The van der Waals surface area contributed by atoms with Gasteiger partial charge in [0.2, 0.25) is 0 Å². The number of aromatic hydroxyl groups is 1. The molecule has 0 saturated carbocycles. The third kappa shape index (κ3) is 2.65. The molecule has 124 valence electrons. The summed E-state index contributed by atoms with van der Waals surface area (Å²) >= 11 is 2.16. The lowest BCUT2D eigenvalue weighted by Crippen LogP contribution is -2.19. The number of ether oxygens (including phenoxy) is 1. The Kier molecular flexibility index (Phi) is 4.13. The van der Waals surface area contributed by atoms with Crippen molar-refractivity contribution < 1.29 is 14.2 Å². The molecular weight excluding hydrogens is 424 g/mol. The molecule has 3 heterocycles. The van der Waals surface area contributed by atoms with Crippen LogP contribution in [0.4, 0.5) is 4.39 Å². The van der Waals surface area contributed by atoms with E-state index in [9.17, 15) is 9.50 Å². The van der Waals surface area contributed by atoms with Crippen LogP contribution >= 0.6 is 22.6 Å². The highest BCUT2D eigenvalue weighted by molar-refractivity contribution is 14.1. The van der Waals surface area contributed by atoms with Gasteiger partial charge < -0.3 is 9.84 Å². The first kappa shape index (κ1) is 15.8. The summed E-state index contributed by atoms with van der Waals surface area (Å²) in [6, 6.07) is 6.00. The summed E-state index contributed by atoms with van der Waals surface area (Å²) in [7, 11) is 0. The van der Waals surface area contributed by atoms with Crippen molar-refractivity contribution in [2.75, 3.05) is 6.61 Å². The second-order valence-electron chi connectivity index (χ2n) is 5.78. The SMILES string of the molecule is Oc1cccc(F)c1-c1cc2c(I)nn(C3CCCCO3)c2cn1. The molecule has 1 N–H and O–H groups in total. The zero-order valence-corrected chi connectivity index (χ0v) is 14.9. The monoisotopic (exact) mass is 439 g/mol. The molecule has 0 bridgehead atoms. The molecule has 5 nitrogen and oxygen atoms in total. The minimum absolute atomic E-state index is 0.0840. The lowest BCUT2D eigenvalue weighted by molar-refractivity contribution is -0.0369. The Morgan fingerprint density at radius 3 is 2.96 bits per heavy atom. The second kappa shape index (κ2) is 6.29. The Hall–Kier alpha value is -1.74. The van der Waals surface area contributed by atoms with Crippen molar-refractivity contribution in [1.82, 2.24) is 14.8 Å². The quantitative estimate of drug-likeness (QED) is 0.607. The smallest absolute Gasteiger partial charge is 0.150 e. The van der Waals surface area contributed by atoms with Crippen LogP contribution in [0, 0.1) is 9.52 Å². The van der Waals surface area contributed by atoms with E-state index in [2.05, 4.69) is 32.7 Å². The van der Waals surface area contributed by atoms with Gasteiger partial charge in [-0.15, -0.1) is 0 Å². The van der Waals surface area contributed by atoms with Crippen molar-refractivity contribution in [3.05, 3.63) is 40.0 Å². The Morgan fingerprint density at radius 2 is 2.21 bits per heavy atom. The van der Waals surface area contributed by atoms with Gasteiger partial charge in [0.05, 0.1) is 23.0 Å². The number of pyridine rings is 1. The van der Waals surface area contributed by atoms with Crippen LogP contribution in [-0.4, -0.2) is 26.5 Å². The van der Waals surface area contributed by atoms with E-state index in [0.29, 0.717) is 5.69 Å². The molecule has 0 radical (unpaired) electrons. The summed E-state index contributed by atoms with van der Waals surface area (Å²) in [6.07, 6.45) is 4.69. The normalized spacial score (nSPS) is 18.2. The summed E-state index contributed by atoms with van der Waals surface area (Å²) in [5.41, 5.74) is 1.35. The number of halogens is 2. The lowest BCUT2D eigenvalue weighted by Gasteiger charge is -2.23. The minimum Gasteiger partial charge on any atom is -0.507 e. The van der Waals surface area contributed by atoms with Gasteiger partial charge in [-0.3, -0.25) is 4.98 Å². The molecule has 1 fully saturated rings. The number of fused-ring (bicyclic) bond motifs is 1. The fraction of sp³-hybridized carbons (Fsp3) is 0.294. The van der Waals surface area contributed by atoms with E-state index in [1.807, 2.05) is 4.68 Å². The Balaban J connectivity index is 1.83. The lowest BCUT2D eigenvalue weighted by atomic mass is 10.1. The molecule has 2 aromatic heterocycles. The van der Waals surface area contributed by atoms with E-state index in [-0.39, 0.29) is 17.5 Å². The number of nitrogens with zero attached hydrogens (tertiary/aromatic N) is 3. The van der Waals surface area contributed by atoms with E-state index < -0.39 is 5.82 Å². The number of aromatic nitrogens is 3. The van der Waals surface area contributed by atoms with Crippen LogP contribution < -0.4 is 0 Å². The van der Waals surface area contributed by atoms with Crippen molar-refractivity contribution in [1.29, 1.82) is 0 Å². The number of phenolic OH excluding ortho intramolecular Hbond substituents is 1. The van der Waals surface area contributed by atoms with Gasteiger partial charge in [0.15, 0.2) is 6.23 Å². The second-order valence-corrected chi connectivity index (χ2v) is 6.80. The molecule has 4 rings (SSSR count). The average Bonchev–Trinajstić information content (AvgIpc) is 2.92. The molecule has 1 aliphatic heterocycles. The minimum atomic E-state index is -0.500. The molecule has 0 spiro atoms. The summed E-state index contributed by atoms with van der Waals surface area (Å²) in [4.78, 5) is 4.35. The average molecular weight is 439 g/mol. The van der Waals surface area contributed by atoms with E-state index in [1.54, 1.807) is 12.3 Å². The van der Waals surface area contributed by atoms with E-state index in [4.69, 9.17) is 4.74 Å². The first-order valence-corrected chi connectivity index (χ1v) is 8.86. The Labute approximate surface area is 151 Å². The number of hydrogen-bond donors (Lipinski definition) is 1. The van der Waals surface area contributed by atoms with Gasteiger partial charge in [-0.1, -0.05) is 6.07 Å². The predicted molar refractivity (Wildman–Crippen MR) is 96.1 cm³/mol. The summed E-state index contributed by atoms with van der Waals surface area (Å²) in [5, 5.41) is 15.4. The summed E-state index contributed by atoms with van der Waals surface area (Å²) in [6.45, 7) is 0.733. The van der Waals surface area contributed by atoms with Crippen LogP contribution in [0.15, 0.2) is 30.5 Å². The highest BCUT2D eigenvalue weighted by Crippen LogP contribution is 2.34. The van der Waals surface area contributed by atoms with Crippen molar-refractivity contribution in [2.24, 2.45) is 0 Å². The molecule has 1 saturated heterocycles. The maximum Gasteiger partial charge on any atom is 0.150 e. The molecule has 7 heteroatoms. The fourth-order valence-electron chi connectivity index (χ4n) is 3.04. The molecule has 1 aromatic carbocycles. The molecular formula is C17H15FIN3O2. The van der Waals surface area contributed by atoms with Gasteiger partial charge >= 0.3 is 0 Å². The van der Waals surface area contributed by atoms with Crippen LogP contribution in [0.1, 0.15) is 25.5 Å². The van der Waals surface area contributed by atoms with Gasteiger partial charge in [0.1, 0.15) is 15.3 Å². The Morgan fingerprint density at radius 1 is 1.33 bits per heavy atom. The third-order valence-electron chi connectivity index (χ3n) is 4.22. The van der Waals surface area contributed by atoms with Crippen molar-refractivity contribution in [2.45, 2.75) is 25.5 Å². The van der Waals surface area contributed by atoms with E-state index in [0.717, 1.165) is 40.5 Å². The van der Waals surface area contributed by atoms with Crippen LogP contribution in [-0.2, 0) is 4.74 Å². The molecule has 3 aromatic rings. The number of hydrogen-bond acceptors (Lipinski definition) is 4.